The van der Waals surface area contributed by atoms with Gasteiger partial charge in [0.15, 0.2) is 5.78 Å². The van der Waals surface area contributed by atoms with Gasteiger partial charge in [0, 0.05) is 5.56 Å². The van der Waals surface area contributed by atoms with Gasteiger partial charge in [-0.05, 0) is 51.5 Å². The van der Waals surface area contributed by atoms with Crippen LogP contribution in [0.4, 0.5) is 0 Å². The molecule has 0 fully saturated rings. The van der Waals surface area contributed by atoms with Crippen LogP contribution in [0.5, 0.6) is 5.75 Å². The molecule has 0 aliphatic rings. The SMILES string of the molecule is CCOc1ccc(C)cc1C(=O)c1cc(C)ccc1C. The molecule has 2 heteroatoms. The normalized spacial score (nSPS) is 10.4. The first-order valence-electron chi connectivity index (χ1n) is 6.88. The van der Waals surface area contributed by atoms with Crippen molar-refractivity contribution in [3.63, 3.8) is 0 Å². The lowest BCUT2D eigenvalue weighted by Crippen LogP contribution is -2.07. The number of carbonyl (C=O) groups is 1. The van der Waals surface area contributed by atoms with E-state index in [-0.39, 0.29) is 5.78 Å². The highest BCUT2D eigenvalue weighted by atomic mass is 16.5. The van der Waals surface area contributed by atoms with Gasteiger partial charge in [0.25, 0.3) is 0 Å². The van der Waals surface area contributed by atoms with Gasteiger partial charge in [-0.2, -0.15) is 0 Å². The summed E-state index contributed by atoms with van der Waals surface area (Å²) in [7, 11) is 0. The van der Waals surface area contributed by atoms with Crippen LogP contribution in [-0.2, 0) is 0 Å². The molecule has 2 aromatic carbocycles. The molecule has 0 unspecified atom stereocenters. The van der Waals surface area contributed by atoms with E-state index < -0.39 is 0 Å². The first kappa shape index (κ1) is 14.3. The van der Waals surface area contributed by atoms with Crippen LogP contribution < -0.4 is 4.74 Å². The van der Waals surface area contributed by atoms with Crippen LogP contribution in [0.2, 0.25) is 0 Å². The van der Waals surface area contributed by atoms with E-state index in [9.17, 15) is 4.79 Å². The highest BCUT2D eigenvalue weighted by Crippen LogP contribution is 2.25. The van der Waals surface area contributed by atoms with Crippen molar-refractivity contribution < 1.29 is 9.53 Å². The summed E-state index contributed by atoms with van der Waals surface area (Å²) >= 11 is 0. The fourth-order valence-corrected chi connectivity index (χ4v) is 2.23. The molecule has 0 saturated carbocycles. The summed E-state index contributed by atoms with van der Waals surface area (Å²) in [6.45, 7) is 8.41. The molecule has 0 bridgehead atoms. The van der Waals surface area contributed by atoms with Crippen molar-refractivity contribution in [2.75, 3.05) is 6.61 Å². The van der Waals surface area contributed by atoms with Crippen LogP contribution >= 0.6 is 0 Å². The van der Waals surface area contributed by atoms with E-state index in [1.165, 1.54) is 0 Å². The molecule has 0 spiro atoms. The van der Waals surface area contributed by atoms with Crippen molar-refractivity contribution in [3.8, 4) is 5.75 Å². The first-order valence-corrected chi connectivity index (χ1v) is 6.88. The van der Waals surface area contributed by atoms with E-state index in [1.807, 2.05) is 64.1 Å². The monoisotopic (exact) mass is 268 g/mol. The molecule has 0 aliphatic heterocycles. The predicted molar refractivity (Wildman–Crippen MR) is 81.7 cm³/mol. The van der Waals surface area contributed by atoms with Gasteiger partial charge in [-0.25, -0.2) is 0 Å². The third-order valence-corrected chi connectivity index (χ3v) is 3.32. The minimum atomic E-state index is 0.0263. The third-order valence-electron chi connectivity index (χ3n) is 3.32. The second-order valence-electron chi connectivity index (χ2n) is 5.08. The number of aryl methyl sites for hydroxylation is 3. The molecule has 0 heterocycles. The van der Waals surface area contributed by atoms with E-state index in [2.05, 4.69) is 0 Å². The van der Waals surface area contributed by atoms with Crippen LogP contribution in [0.15, 0.2) is 36.4 Å². The van der Waals surface area contributed by atoms with Gasteiger partial charge < -0.3 is 4.74 Å². The number of rotatable bonds is 4. The van der Waals surface area contributed by atoms with Crippen LogP contribution in [0, 0.1) is 20.8 Å². The Kier molecular flexibility index (Phi) is 4.23. The third kappa shape index (κ3) is 2.90. The predicted octanol–water partition coefficient (Wildman–Crippen LogP) is 4.24. The molecule has 0 amide bonds. The summed E-state index contributed by atoms with van der Waals surface area (Å²) in [5, 5.41) is 0. The highest BCUT2D eigenvalue weighted by molar-refractivity contribution is 6.11. The van der Waals surface area contributed by atoms with Crippen LogP contribution in [0.1, 0.15) is 39.5 Å². The Morgan fingerprint density at radius 1 is 0.950 bits per heavy atom. The maximum Gasteiger partial charge on any atom is 0.197 e. The molecule has 2 rings (SSSR count). The van der Waals surface area contributed by atoms with Gasteiger partial charge >= 0.3 is 0 Å². The van der Waals surface area contributed by atoms with E-state index in [1.54, 1.807) is 0 Å². The molecule has 20 heavy (non-hydrogen) atoms. The quantitative estimate of drug-likeness (QED) is 0.775. The Morgan fingerprint density at radius 2 is 1.55 bits per heavy atom. The maximum atomic E-state index is 12.8. The molecular weight excluding hydrogens is 248 g/mol. The summed E-state index contributed by atoms with van der Waals surface area (Å²) in [5.41, 5.74) is 4.52. The summed E-state index contributed by atoms with van der Waals surface area (Å²) in [6.07, 6.45) is 0. The lowest BCUT2D eigenvalue weighted by atomic mass is 9.96. The van der Waals surface area contributed by atoms with Crippen molar-refractivity contribution in [2.45, 2.75) is 27.7 Å². The van der Waals surface area contributed by atoms with Gasteiger partial charge in [0.1, 0.15) is 5.75 Å². The summed E-state index contributed by atoms with van der Waals surface area (Å²) in [6, 6.07) is 11.7. The largest absolute Gasteiger partial charge is 0.493 e. The standard InChI is InChI=1S/C18H20O2/c1-5-20-17-9-7-13(3)11-16(17)18(19)15-10-12(2)6-8-14(15)4/h6-11H,5H2,1-4H3. The molecule has 2 nitrogen and oxygen atoms in total. The zero-order valence-corrected chi connectivity index (χ0v) is 12.5. The Balaban J connectivity index is 2.52. The molecule has 104 valence electrons. The molecule has 0 aromatic heterocycles. The summed E-state index contributed by atoms with van der Waals surface area (Å²) in [5.74, 6) is 0.683. The lowest BCUT2D eigenvalue weighted by molar-refractivity contribution is 0.103. The fourth-order valence-electron chi connectivity index (χ4n) is 2.23. The van der Waals surface area contributed by atoms with Gasteiger partial charge in [-0.3, -0.25) is 4.79 Å². The molecule has 0 saturated heterocycles. The van der Waals surface area contributed by atoms with Crippen LogP contribution in [0.3, 0.4) is 0 Å². The minimum absolute atomic E-state index is 0.0263. The smallest absolute Gasteiger partial charge is 0.197 e. The number of hydrogen-bond donors (Lipinski definition) is 0. The number of hydrogen-bond acceptors (Lipinski definition) is 2. The van der Waals surface area contributed by atoms with E-state index in [0.29, 0.717) is 17.9 Å². The number of ketones is 1. The highest BCUT2D eigenvalue weighted by Gasteiger charge is 2.17. The maximum absolute atomic E-state index is 12.8. The Morgan fingerprint density at radius 3 is 2.20 bits per heavy atom. The molecular formula is C18H20O2. The van der Waals surface area contributed by atoms with Gasteiger partial charge in [-0.1, -0.05) is 29.3 Å². The van der Waals surface area contributed by atoms with Crippen LogP contribution in [-0.4, -0.2) is 12.4 Å². The van der Waals surface area contributed by atoms with Crippen molar-refractivity contribution in [3.05, 3.63) is 64.2 Å². The number of benzene rings is 2. The summed E-state index contributed by atoms with van der Waals surface area (Å²) in [4.78, 5) is 12.8. The van der Waals surface area contributed by atoms with Gasteiger partial charge in [0.2, 0.25) is 0 Å². The minimum Gasteiger partial charge on any atom is -0.493 e. The topological polar surface area (TPSA) is 26.3 Å². The molecule has 0 N–H and O–H groups in total. The zero-order chi connectivity index (χ0) is 14.7. The number of ether oxygens (including phenoxy) is 1. The average Bonchev–Trinajstić information content (AvgIpc) is 2.43. The second kappa shape index (κ2) is 5.91. The van der Waals surface area contributed by atoms with Gasteiger partial charge in [-0.15, -0.1) is 0 Å². The van der Waals surface area contributed by atoms with E-state index in [4.69, 9.17) is 4.74 Å². The molecule has 0 atom stereocenters. The van der Waals surface area contributed by atoms with E-state index in [0.717, 1.165) is 22.3 Å². The van der Waals surface area contributed by atoms with Crippen molar-refractivity contribution >= 4 is 5.78 Å². The van der Waals surface area contributed by atoms with E-state index >= 15 is 0 Å². The fraction of sp³-hybridized carbons (Fsp3) is 0.278. The zero-order valence-electron chi connectivity index (χ0n) is 12.5. The Labute approximate surface area is 120 Å². The van der Waals surface area contributed by atoms with Gasteiger partial charge in [0.05, 0.1) is 12.2 Å². The Bertz CT molecular complexity index is 642. The second-order valence-corrected chi connectivity index (χ2v) is 5.08. The van der Waals surface area contributed by atoms with Crippen LogP contribution in [0.25, 0.3) is 0 Å². The number of carbonyl (C=O) groups excluding carboxylic acids is 1. The van der Waals surface area contributed by atoms with Crippen molar-refractivity contribution in [2.24, 2.45) is 0 Å². The van der Waals surface area contributed by atoms with Crippen molar-refractivity contribution in [1.29, 1.82) is 0 Å². The molecule has 0 radical (unpaired) electrons. The first-order chi connectivity index (χ1) is 9.52. The van der Waals surface area contributed by atoms with Crippen molar-refractivity contribution in [1.82, 2.24) is 0 Å². The lowest BCUT2D eigenvalue weighted by Gasteiger charge is -2.12. The molecule has 0 aliphatic carbocycles. The summed E-state index contributed by atoms with van der Waals surface area (Å²) < 4.78 is 5.58. The Hall–Kier alpha value is -2.09. The molecule has 2 aromatic rings. The average molecular weight is 268 g/mol.